The zero-order chi connectivity index (χ0) is 15.9. The van der Waals surface area contributed by atoms with Crippen LogP contribution in [0.2, 0.25) is 0 Å². The lowest BCUT2D eigenvalue weighted by molar-refractivity contribution is 0.0260. The van der Waals surface area contributed by atoms with Crippen LogP contribution in [-0.4, -0.2) is 65.0 Å². The molecule has 21 heavy (non-hydrogen) atoms. The van der Waals surface area contributed by atoms with Gasteiger partial charge in [0.1, 0.15) is 18.5 Å². The fourth-order valence-electron chi connectivity index (χ4n) is 1.92. The first-order valence-electron chi connectivity index (χ1n) is 6.92. The highest BCUT2D eigenvalue weighted by Crippen LogP contribution is 2.22. The highest BCUT2D eigenvalue weighted by molar-refractivity contribution is 5.39. The summed E-state index contributed by atoms with van der Waals surface area (Å²) in [7, 11) is 0. The summed E-state index contributed by atoms with van der Waals surface area (Å²) in [4.78, 5) is 0. The molecule has 0 amide bonds. The van der Waals surface area contributed by atoms with Crippen molar-refractivity contribution in [3.8, 4) is 5.75 Å². The normalized spacial score (nSPS) is 13.2. The van der Waals surface area contributed by atoms with Crippen molar-refractivity contribution in [3.05, 3.63) is 29.3 Å². The summed E-state index contributed by atoms with van der Waals surface area (Å²) >= 11 is 0. The number of aliphatic hydroxyl groups is 4. The van der Waals surface area contributed by atoms with E-state index < -0.39 is 31.5 Å². The molecule has 0 bridgehead atoms. The van der Waals surface area contributed by atoms with Crippen molar-refractivity contribution in [2.45, 2.75) is 25.5 Å². The predicted molar refractivity (Wildman–Crippen MR) is 79.4 cm³/mol. The lowest BCUT2D eigenvalue weighted by Gasteiger charge is -2.30. The molecule has 1 rings (SSSR count). The van der Waals surface area contributed by atoms with Gasteiger partial charge in [0.05, 0.1) is 25.4 Å². The van der Waals surface area contributed by atoms with E-state index in [1.165, 1.54) is 0 Å². The molecule has 0 aromatic heterocycles. The van der Waals surface area contributed by atoms with Gasteiger partial charge in [-0.05, 0) is 25.0 Å². The minimum absolute atomic E-state index is 0.0804. The van der Waals surface area contributed by atoms with Gasteiger partial charge < -0.3 is 30.5 Å². The van der Waals surface area contributed by atoms with Crippen molar-refractivity contribution in [3.63, 3.8) is 0 Å². The summed E-state index contributed by atoms with van der Waals surface area (Å²) in [6.45, 7) is 2.76. The van der Waals surface area contributed by atoms with Gasteiger partial charge in [-0.25, -0.2) is 0 Å². The number of rotatable bonds is 9. The number of benzene rings is 1. The zero-order valence-corrected chi connectivity index (χ0v) is 12.5. The maximum absolute atomic E-state index is 9.91. The summed E-state index contributed by atoms with van der Waals surface area (Å²) in [6, 6.07) is 5.80. The Morgan fingerprint density at radius 3 is 2.10 bits per heavy atom. The third-order valence-electron chi connectivity index (χ3n) is 3.45. The van der Waals surface area contributed by atoms with Gasteiger partial charge in [-0.3, -0.25) is 0 Å². The van der Waals surface area contributed by atoms with E-state index in [9.17, 15) is 20.4 Å². The van der Waals surface area contributed by atoms with Gasteiger partial charge in [0, 0.05) is 6.54 Å². The average Bonchev–Trinajstić information content (AvgIpc) is 2.49. The Hall–Kier alpha value is -1.18. The van der Waals surface area contributed by atoms with Gasteiger partial charge in [-0.15, -0.1) is 0 Å². The number of ether oxygens (including phenoxy) is 1. The van der Waals surface area contributed by atoms with E-state index in [1.807, 2.05) is 32.0 Å². The molecule has 120 valence electrons. The highest BCUT2D eigenvalue weighted by atomic mass is 16.5. The molecule has 0 saturated heterocycles. The number of β-amino-alcohol motifs (C(OH)–C–C–N with tert-alkyl or cyclic N) is 1. The molecule has 0 aliphatic heterocycles. The molecule has 5 N–H and O–H groups in total. The highest BCUT2D eigenvalue weighted by Gasteiger charge is 2.28. The summed E-state index contributed by atoms with van der Waals surface area (Å²) < 4.78 is 5.62. The van der Waals surface area contributed by atoms with Crippen LogP contribution < -0.4 is 10.1 Å². The van der Waals surface area contributed by atoms with Crippen LogP contribution >= 0.6 is 0 Å². The first kappa shape index (κ1) is 17.9. The van der Waals surface area contributed by atoms with Gasteiger partial charge in [0.25, 0.3) is 0 Å². The van der Waals surface area contributed by atoms with Crippen molar-refractivity contribution >= 4 is 0 Å². The second kappa shape index (κ2) is 8.31. The molecule has 1 atom stereocenters. The Labute approximate surface area is 125 Å². The third-order valence-corrected chi connectivity index (χ3v) is 3.45. The van der Waals surface area contributed by atoms with Gasteiger partial charge in [0.2, 0.25) is 0 Å². The monoisotopic (exact) mass is 299 g/mol. The maximum Gasteiger partial charge on any atom is 0.125 e. The number of aliphatic hydroxyl groups excluding tert-OH is 4. The van der Waals surface area contributed by atoms with Crippen molar-refractivity contribution < 1.29 is 25.2 Å². The molecular weight excluding hydrogens is 274 g/mol. The standard InChI is InChI=1S/C15H25NO5/c1-11-4-3-5-12(2)14(11)21-7-13(20)6-16-15(8-17,9-18)10-19/h3-5,13,16-20H,6-10H2,1-2H3. The molecular formula is C15H25NO5. The first-order valence-corrected chi connectivity index (χ1v) is 6.92. The second-order valence-electron chi connectivity index (χ2n) is 5.32. The Morgan fingerprint density at radius 2 is 1.62 bits per heavy atom. The molecule has 0 fully saturated rings. The van der Waals surface area contributed by atoms with Crippen molar-refractivity contribution in [2.24, 2.45) is 0 Å². The van der Waals surface area contributed by atoms with Crippen molar-refractivity contribution in [2.75, 3.05) is 33.0 Å². The van der Waals surface area contributed by atoms with Crippen LogP contribution in [0.3, 0.4) is 0 Å². The van der Waals surface area contributed by atoms with Crippen LogP contribution in [0.15, 0.2) is 18.2 Å². The summed E-state index contributed by atoms with van der Waals surface area (Å²) in [5.74, 6) is 0.745. The average molecular weight is 299 g/mol. The molecule has 6 nitrogen and oxygen atoms in total. The van der Waals surface area contributed by atoms with E-state index in [-0.39, 0.29) is 13.2 Å². The largest absolute Gasteiger partial charge is 0.490 e. The van der Waals surface area contributed by atoms with Crippen LogP contribution in [0, 0.1) is 13.8 Å². The van der Waals surface area contributed by atoms with Crippen LogP contribution in [-0.2, 0) is 0 Å². The predicted octanol–water partition coefficient (Wildman–Crippen LogP) is -0.652. The topological polar surface area (TPSA) is 102 Å². The Morgan fingerprint density at radius 1 is 1.10 bits per heavy atom. The number of hydrogen-bond acceptors (Lipinski definition) is 6. The van der Waals surface area contributed by atoms with E-state index in [0.717, 1.165) is 16.9 Å². The van der Waals surface area contributed by atoms with E-state index in [2.05, 4.69) is 5.32 Å². The number of para-hydroxylation sites is 1. The molecule has 0 aliphatic rings. The van der Waals surface area contributed by atoms with Gasteiger partial charge in [-0.1, -0.05) is 18.2 Å². The van der Waals surface area contributed by atoms with Crippen molar-refractivity contribution in [1.82, 2.24) is 5.32 Å². The van der Waals surface area contributed by atoms with Gasteiger partial charge in [0.15, 0.2) is 0 Å². The minimum atomic E-state index is -1.19. The molecule has 0 heterocycles. The fraction of sp³-hybridized carbons (Fsp3) is 0.600. The van der Waals surface area contributed by atoms with Crippen LogP contribution in [0.25, 0.3) is 0 Å². The smallest absolute Gasteiger partial charge is 0.125 e. The van der Waals surface area contributed by atoms with Crippen LogP contribution in [0.4, 0.5) is 0 Å². The molecule has 1 aromatic rings. The fourth-order valence-corrected chi connectivity index (χ4v) is 1.92. The molecule has 6 heteroatoms. The maximum atomic E-state index is 9.91. The molecule has 0 saturated carbocycles. The first-order chi connectivity index (χ1) is 9.98. The van der Waals surface area contributed by atoms with Crippen LogP contribution in [0.5, 0.6) is 5.75 Å². The van der Waals surface area contributed by atoms with E-state index in [4.69, 9.17) is 4.74 Å². The summed E-state index contributed by atoms with van der Waals surface area (Å²) in [5, 5.41) is 40.2. The quantitative estimate of drug-likeness (QED) is 0.415. The number of aryl methyl sites for hydroxylation is 2. The number of hydrogen-bond donors (Lipinski definition) is 5. The molecule has 0 aliphatic carbocycles. The Bertz CT molecular complexity index is 406. The van der Waals surface area contributed by atoms with Crippen LogP contribution in [0.1, 0.15) is 11.1 Å². The molecule has 0 radical (unpaired) electrons. The molecule has 1 unspecified atom stereocenters. The summed E-state index contributed by atoms with van der Waals surface area (Å²) in [5.41, 5.74) is 0.788. The lowest BCUT2D eigenvalue weighted by Crippen LogP contribution is -2.57. The zero-order valence-electron chi connectivity index (χ0n) is 12.5. The van der Waals surface area contributed by atoms with E-state index in [0.29, 0.717) is 0 Å². The Kier molecular flexibility index (Phi) is 7.07. The van der Waals surface area contributed by atoms with E-state index >= 15 is 0 Å². The molecule has 0 spiro atoms. The minimum Gasteiger partial charge on any atom is -0.490 e. The SMILES string of the molecule is Cc1cccc(C)c1OCC(O)CNC(CO)(CO)CO. The van der Waals surface area contributed by atoms with Gasteiger partial charge in [-0.2, -0.15) is 0 Å². The van der Waals surface area contributed by atoms with Crippen molar-refractivity contribution in [1.29, 1.82) is 0 Å². The van der Waals surface area contributed by atoms with E-state index in [1.54, 1.807) is 0 Å². The third kappa shape index (κ3) is 4.94. The lowest BCUT2D eigenvalue weighted by atomic mass is 10.0. The Balaban J connectivity index is 2.49. The number of nitrogens with one attached hydrogen (secondary N) is 1. The van der Waals surface area contributed by atoms with Gasteiger partial charge >= 0.3 is 0 Å². The molecule has 1 aromatic carbocycles. The second-order valence-corrected chi connectivity index (χ2v) is 5.32. The summed E-state index contributed by atoms with van der Waals surface area (Å²) in [6.07, 6.45) is -0.826.